The van der Waals surface area contributed by atoms with Crippen molar-refractivity contribution >= 4 is 39.1 Å². The quantitative estimate of drug-likeness (QED) is 0.318. The van der Waals surface area contributed by atoms with E-state index in [1.807, 2.05) is 9.62 Å². The number of pyridine rings is 1. The zero-order valence-electron chi connectivity index (χ0n) is 22.0. The molecule has 3 fully saturated rings. The molecular formula is C28H29Cl2FN4O5S. The number of piperidine rings is 1. The molecule has 0 radical (unpaired) electrons. The maximum absolute atomic E-state index is 14.9. The van der Waals surface area contributed by atoms with E-state index in [1.165, 1.54) is 24.5 Å². The Morgan fingerprint density at radius 2 is 1.98 bits per heavy atom. The van der Waals surface area contributed by atoms with Gasteiger partial charge in [0.2, 0.25) is 10.0 Å². The molecular weight excluding hydrogens is 594 g/mol. The van der Waals surface area contributed by atoms with Crippen molar-refractivity contribution in [2.75, 3.05) is 18.8 Å². The van der Waals surface area contributed by atoms with Gasteiger partial charge in [-0.3, -0.25) is 14.7 Å². The van der Waals surface area contributed by atoms with E-state index >= 15 is 0 Å². The van der Waals surface area contributed by atoms with Gasteiger partial charge in [0.15, 0.2) is 0 Å². The standard InChI is InChI=1S/C28H29Cl2FN4O5S/c29-22-4-1-5-23(30)25(22)26-21(27(40-33-26)16-6-7-16)14-39-24-10-20-9-18(24)12-35(20)13-19(31)15-41(37,38)34-28(36)17-3-2-8-32-11-17/h1-5,8,11,16,18-20,24H,6-7,9-10,12-15H2,(H,34,36)/t18-,19?,20-,24+/m0/s1. The number of benzene rings is 1. The van der Waals surface area contributed by atoms with Crippen LogP contribution in [0.5, 0.6) is 0 Å². The van der Waals surface area contributed by atoms with Crippen molar-refractivity contribution in [3.63, 3.8) is 0 Å². The van der Waals surface area contributed by atoms with Crippen LogP contribution in [0.15, 0.2) is 47.2 Å². The number of ether oxygens (including phenoxy) is 1. The van der Waals surface area contributed by atoms with Crippen LogP contribution in [0.2, 0.25) is 10.0 Å². The summed E-state index contributed by atoms with van der Waals surface area (Å²) in [5.41, 5.74) is 2.19. The molecule has 9 nitrogen and oxygen atoms in total. The van der Waals surface area contributed by atoms with Gasteiger partial charge in [-0.1, -0.05) is 34.4 Å². The number of nitrogens with one attached hydrogen (secondary N) is 1. The first kappa shape index (κ1) is 28.5. The van der Waals surface area contributed by atoms with E-state index in [-0.39, 0.29) is 30.2 Å². The fourth-order valence-electron chi connectivity index (χ4n) is 5.95. The van der Waals surface area contributed by atoms with Gasteiger partial charge in [0.25, 0.3) is 5.91 Å². The lowest BCUT2D eigenvalue weighted by Gasteiger charge is -2.32. The highest BCUT2D eigenvalue weighted by atomic mass is 35.5. The number of aromatic nitrogens is 2. The SMILES string of the molecule is O=C(NS(=O)(=O)CC(F)CN1C[C@@H]2C[C@H]1C[C@H]2OCc1c(-c2c(Cl)cccc2Cl)noc1C1CC1)c1cccnc1. The molecule has 2 bridgehead atoms. The second-order valence-electron chi connectivity index (χ2n) is 11.0. The number of rotatable bonds is 11. The van der Waals surface area contributed by atoms with Gasteiger partial charge in [-0.05, 0) is 55.9 Å². The molecule has 1 amide bonds. The summed E-state index contributed by atoms with van der Waals surface area (Å²) < 4.78 is 53.8. The third-order valence-corrected chi connectivity index (χ3v) is 9.93. The van der Waals surface area contributed by atoms with Crippen molar-refractivity contribution in [2.45, 2.75) is 56.5 Å². The first-order chi connectivity index (χ1) is 19.7. The summed E-state index contributed by atoms with van der Waals surface area (Å²) in [6, 6.07) is 8.36. The minimum absolute atomic E-state index is 0.0201. The van der Waals surface area contributed by atoms with Crippen molar-refractivity contribution in [2.24, 2.45) is 5.92 Å². The molecule has 218 valence electrons. The first-order valence-corrected chi connectivity index (χ1v) is 16.0. The van der Waals surface area contributed by atoms with E-state index in [0.29, 0.717) is 46.8 Å². The third-order valence-electron chi connectivity index (χ3n) is 8.00. The van der Waals surface area contributed by atoms with Crippen molar-refractivity contribution < 1.29 is 26.9 Å². The van der Waals surface area contributed by atoms with Crippen molar-refractivity contribution in [1.29, 1.82) is 0 Å². The molecule has 6 rings (SSSR count). The number of amides is 1. The molecule has 1 unspecified atom stereocenters. The molecule has 1 saturated heterocycles. The molecule has 41 heavy (non-hydrogen) atoms. The minimum atomic E-state index is -4.15. The number of carbonyl (C=O) groups excluding carboxylic acids is 1. The lowest BCUT2D eigenvalue weighted by molar-refractivity contribution is -0.0133. The molecule has 1 aliphatic heterocycles. The van der Waals surface area contributed by atoms with Gasteiger partial charge in [-0.2, -0.15) is 0 Å². The van der Waals surface area contributed by atoms with Crippen LogP contribution in [0.25, 0.3) is 11.3 Å². The second kappa shape index (κ2) is 11.6. The molecule has 1 aromatic carbocycles. The van der Waals surface area contributed by atoms with E-state index < -0.39 is 27.9 Å². The number of halogens is 3. The summed E-state index contributed by atoms with van der Waals surface area (Å²) in [5.74, 6) is -0.289. The van der Waals surface area contributed by atoms with Gasteiger partial charge in [-0.15, -0.1) is 0 Å². The van der Waals surface area contributed by atoms with Crippen LogP contribution in [0, 0.1) is 5.92 Å². The number of alkyl halides is 1. The van der Waals surface area contributed by atoms with Crippen LogP contribution >= 0.6 is 23.2 Å². The zero-order valence-corrected chi connectivity index (χ0v) is 24.3. The normalized spacial score (nSPS) is 23.1. The van der Waals surface area contributed by atoms with Crippen molar-refractivity contribution in [3.05, 3.63) is 69.7 Å². The number of carbonyl (C=O) groups is 1. The summed E-state index contributed by atoms with van der Waals surface area (Å²) in [4.78, 5) is 17.9. The highest BCUT2D eigenvalue weighted by Gasteiger charge is 2.46. The lowest BCUT2D eigenvalue weighted by Crippen LogP contribution is -2.44. The van der Waals surface area contributed by atoms with Gasteiger partial charge in [0, 0.05) is 48.6 Å². The maximum atomic E-state index is 14.9. The summed E-state index contributed by atoms with van der Waals surface area (Å²) in [7, 11) is -4.15. The Morgan fingerprint density at radius 1 is 1.20 bits per heavy atom. The summed E-state index contributed by atoms with van der Waals surface area (Å²) in [6.07, 6.45) is 4.69. The minimum Gasteiger partial charge on any atom is -0.373 e. The third kappa shape index (κ3) is 6.29. The van der Waals surface area contributed by atoms with Crippen LogP contribution in [-0.4, -0.2) is 66.5 Å². The summed E-state index contributed by atoms with van der Waals surface area (Å²) >= 11 is 12.9. The average Bonchev–Trinajstić information content (AvgIpc) is 3.40. The van der Waals surface area contributed by atoms with Crippen LogP contribution in [-0.2, 0) is 21.4 Å². The van der Waals surface area contributed by atoms with Gasteiger partial charge in [0.1, 0.15) is 23.4 Å². The molecule has 2 aromatic heterocycles. The molecule has 3 heterocycles. The fourth-order valence-corrected chi connectivity index (χ4v) is 7.59. The first-order valence-electron chi connectivity index (χ1n) is 13.6. The van der Waals surface area contributed by atoms with Crippen LogP contribution in [0.3, 0.4) is 0 Å². The summed E-state index contributed by atoms with van der Waals surface area (Å²) in [6.45, 7) is 0.892. The molecule has 13 heteroatoms. The molecule has 2 aliphatic carbocycles. The smallest absolute Gasteiger partial charge is 0.266 e. The van der Waals surface area contributed by atoms with Gasteiger partial charge >= 0.3 is 0 Å². The molecule has 2 saturated carbocycles. The Labute approximate surface area is 247 Å². The average molecular weight is 624 g/mol. The van der Waals surface area contributed by atoms with Gasteiger partial charge in [-0.25, -0.2) is 17.5 Å². The van der Waals surface area contributed by atoms with Crippen LogP contribution in [0.1, 0.15) is 53.3 Å². The monoisotopic (exact) mass is 622 g/mol. The fraction of sp³-hybridized carbons (Fsp3) is 0.464. The number of sulfonamides is 1. The number of nitrogens with zero attached hydrogens (tertiary/aromatic N) is 3. The Balaban J connectivity index is 1.04. The largest absolute Gasteiger partial charge is 0.373 e. The van der Waals surface area contributed by atoms with E-state index in [4.69, 9.17) is 32.5 Å². The molecule has 3 aliphatic rings. The van der Waals surface area contributed by atoms with Gasteiger partial charge < -0.3 is 9.26 Å². The molecule has 4 atom stereocenters. The molecule has 0 spiro atoms. The predicted octanol–water partition coefficient (Wildman–Crippen LogP) is 5.00. The van der Waals surface area contributed by atoms with Crippen LogP contribution in [0.4, 0.5) is 4.39 Å². The zero-order chi connectivity index (χ0) is 28.7. The Bertz CT molecular complexity index is 1520. The van der Waals surface area contributed by atoms with Crippen molar-refractivity contribution in [3.8, 4) is 11.3 Å². The lowest BCUT2D eigenvalue weighted by atomic mass is 10.0. The van der Waals surface area contributed by atoms with Crippen LogP contribution < -0.4 is 4.72 Å². The van der Waals surface area contributed by atoms with Gasteiger partial charge in [0.05, 0.1) is 28.3 Å². The maximum Gasteiger partial charge on any atom is 0.266 e. The Morgan fingerprint density at radius 3 is 2.63 bits per heavy atom. The highest BCUT2D eigenvalue weighted by Crippen LogP contribution is 2.47. The topological polar surface area (TPSA) is 115 Å². The van der Waals surface area contributed by atoms with E-state index in [1.54, 1.807) is 18.2 Å². The number of hydrogen-bond acceptors (Lipinski definition) is 8. The van der Waals surface area contributed by atoms with E-state index in [2.05, 4.69) is 10.1 Å². The second-order valence-corrected chi connectivity index (χ2v) is 13.6. The highest BCUT2D eigenvalue weighted by molar-refractivity contribution is 7.90. The number of fused-ring (bicyclic) bond motifs is 2. The number of likely N-dealkylation sites (tertiary alicyclic amines) is 1. The van der Waals surface area contributed by atoms with Crippen molar-refractivity contribution in [1.82, 2.24) is 19.8 Å². The van der Waals surface area contributed by atoms with E-state index in [9.17, 15) is 17.6 Å². The Kier molecular flexibility index (Phi) is 8.08. The predicted molar refractivity (Wildman–Crippen MR) is 151 cm³/mol. The number of hydrogen-bond donors (Lipinski definition) is 1. The van der Waals surface area contributed by atoms with E-state index in [0.717, 1.165) is 30.6 Å². The molecule has 1 N–H and O–H groups in total. The summed E-state index contributed by atoms with van der Waals surface area (Å²) in [5, 5.41) is 5.30. The Hall–Kier alpha value is -2.57. The molecule has 3 aromatic rings.